The van der Waals surface area contributed by atoms with E-state index in [9.17, 15) is 13.2 Å². The average molecular weight is 251 g/mol. The minimum absolute atomic E-state index is 0.0345. The first kappa shape index (κ1) is 13.6. The van der Waals surface area contributed by atoms with Gasteiger partial charge in [-0.3, -0.25) is 4.84 Å². The molecular formula is C10H12F3NO3. The van der Waals surface area contributed by atoms with Crippen molar-refractivity contribution in [1.82, 2.24) is 0 Å². The van der Waals surface area contributed by atoms with Crippen molar-refractivity contribution in [3.8, 4) is 11.5 Å². The van der Waals surface area contributed by atoms with E-state index in [0.29, 0.717) is 0 Å². The summed E-state index contributed by atoms with van der Waals surface area (Å²) in [7, 11) is 2.58. The second kappa shape index (κ2) is 5.24. The number of ether oxygens (including phenoxy) is 2. The second-order valence-corrected chi connectivity index (χ2v) is 3.14. The molecule has 0 amide bonds. The van der Waals surface area contributed by atoms with Gasteiger partial charge in [0.1, 0.15) is 0 Å². The first-order chi connectivity index (χ1) is 7.95. The number of hydrogen-bond donors (Lipinski definition) is 1. The summed E-state index contributed by atoms with van der Waals surface area (Å²) in [6, 6.07) is 2.08. The maximum atomic E-state index is 12.7. The molecule has 0 radical (unpaired) electrons. The van der Waals surface area contributed by atoms with Gasteiger partial charge in [0.25, 0.3) is 0 Å². The van der Waals surface area contributed by atoms with Crippen LogP contribution in [0.2, 0.25) is 0 Å². The zero-order chi connectivity index (χ0) is 13.1. The minimum Gasteiger partial charge on any atom is -0.493 e. The SMILES string of the molecule is COc1ccc(C(F)(F)F)c(CON)c1OC. The van der Waals surface area contributed by atoms with Crippen molar-refractivity contribution in [3.63, 3.8) is 0 Å². The second-order valence-electron chi connectivity index (χ2n) is 3.14. The van der Waals surface area contributed by atoms with Gasteiger partial charge in [-0.15, -0.1) is 0 Å². The Balaban J connectivity index is 3.42. The highest BCUT2D eigenvalue weighted by molar-refractivity contribution is 5.51. The van der Waals surface area contributed by atoms with E-state index in [0.717, 1.165) is 6.07 Å². The Morgan fingerprint density at radius 2 is 1.82 bits per heavy atom. The van der Waals surface area contributed by atoms with Gasteiger partial charge in [-0.2, -0.15) is 13.2 Å². The normalized spacial score (nSPS) is 11.4. The third-order valence-electron chi connectivity index (χ3n) is 2.18. The molecule has 0 aliphatic rings. The lowest BCUT2D eigenvalue weighted by Crippen LogP contribution is -2.13. The molecule has 4 nitrogen and oxygen atoms in total. The van der Waals surface area contributed by atoms with Crippen LogP contribution in [-0.2, 0) is 17.6 Å². The predicted molar refractivity (Wildman–Crippen MR) is 53.5 cm³/mol. The topological polar surface area (TPSA) is 53.7 Å². The summed E-state index contributed by atoms with van der Waals surface area (Å²) in [4.78, 5) is 4.27. The Morgan fingerprint density at radius 1 is 1.18 bits per heavy atom. The van der Waals surface area contributed by atoms with Crippen LogP contribution in [0.25, 0.3) is 0 Å². The van der Waals surface area contributed by atoms with E-state index in [1.54, 1.807) is 0 Å². The van der Waals surface area contributed by atoms with Crippen LogP contribution in [0.1, 0.15) is 11.1 Å². The van der Waals surface area contributed by atoms with Gasteiger partial charge >= 0.3 is 6.18 Å². The maximum absolute atomic E-state index is 12.7. The Morgan fingerprint density at radius 3 is 2.24 bits per heavy atom. The van der Waals surface area contributed by atoms with Crippen LogP contribution >= 0.6 is 0 Å². The van der Waals surface area contributed by atoms with Crippen molar-refractivity contribution in [2.45, 2.75) is 12.8 Å². The lowest BCUT2D eigenvalue weighted by Gasteiger charge is -2.17. The number of alkyl halides is 3. The lowest BCUT2D eigenvalue weighted by atomic mass is 10.1. The largest absolute Gasteiger partial charge is 0.493 e. The predicted octanol–water partition coefficient (Wildman–Crippen LogP) is 2.11. The Bertz CT molecular complexity index is 393. The van der Waals surface area contributed by atoms with E-state index < -0.39 is 18.3 Å². The molecule has 0 atom stereocenters. The summed E-state index contributed by atoms with van der Waals surface area (Å²) >= 11 is 0. The molecule has 7 heteroatoms. The van der Waals surface area contributed by atoms with Crippen molar-refractivity contribution in [1.29, 1.82) is 0 Å². The summed E-state index contributed by atoms with van der Waals surface area (Å²) in [5.74, 6) is 4.98. The van der Waals surface area contributed by atoms with E-state index in [2.05, 4.69) is 4.84 Å². The quantitative estimate of drug-likeness (QED) is 0.833. The molecule has 0 bridgehead atoms. The third-order valence-corrected chi connectivity index (χ3v) is 2.18. The highest BCUT2D eigenvalue weighted by Crippen LogP contribution is 2.40. The highest BCUT2D eigenvalue weighted by Gasteiger charge is 2.35. The molecule has 17 heavy (non-hydrogen) atoms. The molecule has 1 aromatic rings. The fourth-order valence-corrected chi connectivity index (χ4v) is 1.48. The number of hydrogen-bond acceptors (Lipinski definition) is 4. The molecule has 2 N–H and O–H groups in total. The molecule has 0 aliphatic carbocycles. The minimum atomic E-state index is -4.51. The summed E-state index contributed by atoms with van der Waals surface area (Å²) in [5, 5.41) is 0. The zero-order valence-electron chi connectivity index (χ0n) is 9.30. The summed E-state index contributed by atoms with van der Waals surface area (Å²) in [6.07, 6.45) is -4.51. The van der Waals surface area contributed by atoms with Crippen LogP contribution < -0.4 is 15.4 Å². The maximum Gasteiger partial charge on any atom is 0.416 e. The van der Waals surface area contributed by atoms with Gasteiger partial charge in [0.2, 0.25) is 0 Å². The lowest BCUT2D eigenvalue weighted by molar-refractivity contribution is -0.139. The molecule has 0 saturated heterocycles. The van der Waals surface area contributed by atoms with E-state index in [1.807, 2.05) is 0 Å². The Hall–Kier alpha value is -1.47. The molecule has 0 aliphatic heterocycles. The summed E-state index contributed by atoms with van der Waals surface area (Å²) in [5.41, 5.74) is -1.05. The molecular weight excluding hydrogens is 239 g/mol. The third kappa shape index (κ3) is 2.80. The molecule has 0 aromatic heterocycles. The van der Waals surface area contributed by atoms with Crippen molar-refractivity contribution < 1.29 is 27.5 Å². The number of benzene rings is 1. The van der Waals surface area contributed by atoms with Crippen molar-refractivity contribution in [2.24, 2.45) is 5.90 Å². The number of rotatable bonds is 4. The van der Waals surface area contributed by atoms with Gasteiger partial charge in [0.15, 0.2) is 11.5 Å². The van der Waals surface area contributed by atoms with Crippen LogP contribution in [0.4, 0.5) is 13.2 Å². The van der Waals surface area contributed by atoms with E-state index in [4.69, 9.17) is 15.4 Å². The first-order valence-electron chi connectivity index (χ1n) is 4.58. The molecule has 0 spiro atoms. The molecule has 0 heterocycles. The van der Waals surface area contributed by atoms with Gasteiger partial charge in [-0.05, 0) is 12.1 Å². The van der Waals surface area contributed by atoms with Gasteiger partial charge in [-0.1, -0.05) is 0 Å². The van der Waals surface area contributed by atoms with Crippen molar-refractivity contribution in [3.05, 3.63) is 23.3 Å². The van der Waals surface area contributed by atoms with Crippen LogP contribution in [0.15, 0.2) is 12.1 Å². The Labute approximate surface area is 96.0 Å². The van der Waals surface area contributed by atoms with Gasteiger partial charge in [0, 0.05) is 5.56 Å². The number of nitrogens with two attached hydrogens (primary N) is 1. The molecule has 1 aromatic carbocycles. The van der Waals surface area contributed by atoms with E-state index in [-0.39, 0.29) is 17.1 Å². The molecule has 0 unspecified atom stereocenters. The van der Waals surface area contributed by atoms with Gasteiger partial charge in [-0.25, -0.2) is 5.90 Å². The number of methoxy groups -OCH3 is 2. The van der Waals surface area contributed by atoms with Crippen LogP contribution in [-0.4, -0.2) is 14.2 Å². The summed E-state index contributed by atoms with van der Waals surface area (Å²) < 4.78 is 48.0. The average Bonchev–Trinajstić information content (AvgIpc) is 2.27. The van der Waals surface area contributed by atoms with Crippen LogP contribution in [0.5, 0.6) is 11.5 Å². The van der Waals surface area contributed by atoms with Crippen molar-refractivity contribution in [2.75, 3.05) is 14.2 Å². The monoisotopic (exact) mass is 251 g/mol. The molecule has 1 rings (SSSR count). The van der Waals surface area contributed by atoms with Gasteiger partial charge < -0.3 is 9.47 Å². The molecule has 0 fully saturated rings. The van der Waals surface area contributed by atoms with Crippen LogP contribution in [0, 0.1) is 0 Å². The van der Waals surface area contributed by atoms with Crippen LogP contribution in [0.3, 0.4) is 0 Å². The smallest absolute Gasteiger partial charge is 0.416 e. The van der Waals surface area contributed by atoms with Crippen molar-refractivity contribution >= 4 is 0 Å². The standard InChI is InChI=1S/C10H12F3NO3/c1-15-8-4-3-7(10(11,12)13)6(5-17-14)9(8)16-2/h3-4H,5,14H2,1-2H3. The fourth-order valence-electron chi connectivity index (χ4n) is 1.48. The molecule has 96 valence electrons. The van der Waals surface area contributed by atoms with E-state index in [1.165, 1.54) is 20.3 Å². The fraction of sp³-hybridized carbons (Fsp3) is 0.400. The van der Waals surface area contributed by atoms with Gasteiger partial charge in [0.05, 0.1) is 26.4 Å². The first-order valence-corrected chi connectivity index (χ1v) is 4.58. The summed E-state index contributed by atoms with van der Waals surface area (Å²) in [6.45, 7) is -0.421. The highest BCUT2D eigenvalue weighted by atomic mass is 19.4. The Kier molecular flexibility index (Phi) is 4.19. The van der Waals surface area contributed by atoms with E-state index >= 15 is 0 Å². The zero-order valence-corrected chi connectivity index (χ0v) is 9.30. The molecule has 0 saturated carbocycles. The number of halogens is 3.